The standard InChI is InChI=1S/C13H17N3O6S/c1-8(11(17)15-13(19)14-2)22-12(18)9-6-4-5-7-10(9)16-23(3,20)21/h4-8,16H,1-3H3,(H2,14,15,17,19)/t8-/m1/s1. The molecule has 1 atom stereocenters. The number of urea groups is 1. The molecule has 1 aromatic rings. The van der Waals surface area contributed by atoms with E-state index in [4.69, 9.17) is 4.74 Å². The number of amides is 3. The van der Waals surface area contributed by atoms with Gasteiger partial charge in [0.25, 0.3) is 5.91 Å². The van der Waals surface area contributed by atoms with E-state index >= 15 is 0 Å². The predicted molar refractivity (Wildman–Crippen MR) is 82.4 cm³/mol. The van der Waals surface area contributed by atoms with E-state index in [9.17, 15) is 22.8 Å². The second kappa shape index (κ2) is 7.58. The van der Waals surface area contributed by atoms with E-state index in [0.29, 0.717) is 0 Å². The molecule has 10 heteroatoms. The molecule has 0 radical (unpaired) electrons. The number of anilines is 1. The van der Waals surface area contributed by atoms with Gasteiger partial charge in [0.1, 0.15) is 0 Å². The fourth-order valence-corrected chi connectivity index (χ4v) is 2.08. The summed E-state index contributed by atoms with van der Waals surface area (Å²) in [5.41, 5.74) is -0.0311. The Morgan fingerprint density at radius 3 is 2.35 bits per heavy atom. The topological polar surface area (TPSA) is 131 Å². The van der Waals surface area contributed by atoms with Crippen molar-refractivity contribution < 1.29 is 27.5 Å². The minimum Gasteiger partial charge on any atom is -0.449 e. The Morgan fingerprint density at radius 1 is 1.17 bits per heavy atom. The van der Waals surface area contributed by atoms with Crippen LogP contribution in [0.4, 0.5) is 10.5 Å². The highest BCUT2D eigenvalue weighted by Gasteiger charge is 2.22. The number of rotatable bonds is 5. The monoisotopic (exact) mass is 343 g/mol. The maximum atomic E-state index is 12.1. The fraction of sp³-hybridized carbons (Fsp3) is 0.308. The Balaban J connectivity index is 2.86. The molecule has 3 amide bonds. The van der Waals surface area contributed by atoms with E-state index in [0.717, 1.165) is 6.26 Å². The van der Waals surface area contributed by atoms with Gasteiger partial charge in [-0.05, 0) is 19.1 Å². The number of benzene rings is 1. The molecule has 126 valence electrons. The van der Waals surface area contributed by atoms with E-state index in [-0.39, 0.29) is 11.3 Å². The van der Waals surface area contributed by atoms with Gasteiger partial charge < -0.3 is 10.1 Å². The lowest BCUT2D eigenvalue weighted by atomic mass is 10.2. The Hall–Kier alpha value is -2.62. The molecule has 0 aromatic heterocycles. The summed E-state index contributed by atoms with van der Waals surface area (Å²) in [4.78, 5) is 34.7. The zero-order valence-electron chi connectivity index (χ0n) is 12.7. The van der Waals surface area contributed by atoms with Crippen LogP contribution in [0.2, 0.25) is 0 Å². The average Bonchev–Trinajstić information content (AvgIpc) is 2.45. The van der Waals surface area contributed by atoms with Crippen molar-refractivity contribution in [3.8, 4) is 0 Å². The summed E-state index contributed by atoms with van der Waals surface area (Å²) in [6.45, 7) is 1.28. The minimum atomic E-state index is -3.59. The maximum Gasteiger partial charge on any atom is 0.341 e. The number of hydrogen-bond acceptors (Lipinski definition) is 6. The molecular formula is C13H17N3O6S. The number of para-hydroxylation sites is 1. The molecular weight excluding hydrogens is 326 g/mol. The first-order valence-electron chi connectivity index (χ1n) is 6.44. The van der Waals surface area contributed by atoms with Crippen LogP contribution < -0.4 is 15.4 Å². The van der Waals surface area contributed by atoms with Gasteiger partial charge in [0.15, 0.2) is 6.10 Å². The summed E-state index contributed by atoms with van der Waals surface area (Å²) in [7, 11) is -2.26. The van der Waals surface area contributed by atoms with Gasteiger partial charge in [0, 0.05) is 7.05 Å². The molecule has 3 N–H and O–H groups in total. The highest BCUT2D eigenvalue weighted by atomic mass is 32.2. The molecule has 0 aliphatic heterocycles. The second-order valence-corrected chi connectivity index (χ2v) is 6.28. The van der Waals surface area contributed by atoms with Crippen LogP contribution >= 0.6 is 0 Å². The van der Waals surface area contributed by atoms with Crippen molar-refractivity contribution in [3.05, 3.63) is 29.8 Å². The zero-order valence-corrected chi connectivity index (χ0v) is 13.6. The molecule has 0 spiro atoms. The van der Waals surface area contributed by atoms with Crippen molar-refractivity contribution >= 4 is 33.6 Å². The Kier molecular flexibility index (Phi) is 6.08. The first-order valence-corrected chi connectivity index (χ1v) is 8.33. The summed E-state index contributed by atoms with van der Waals surface area (Å²) in [5, 5.41) is 4.14. The number of nitrogens with one attached hydrogen (secondary N) is 3. The van der Waals surface area contributed by atoms with E-state index in [1.807, 2.05) is 5.32 Å². The van der Waals surface area contributed by atoms with Gasteiger partial charge >= 0.3 is 12.0 Å². The van der Waals surface area contributed by atoms with E-state index < -0.39 is 34.0 Å². The highest BCUT2D eigenvalue weighted by Crippen LogP contribution is 2.18. The smallest absolute Gasteiger partial charge is 0.341 e. The van der Waals surface area contributed by atoms with Crippen LogP contribution in [0.5, 0.6) is 0 Å². The third kappa shape index (κ3) is 5.94. The summed E-state index contributed by atoms with van der Waals surface area (Å²) < 4.78 is 29.7. The molecule has 0 aliphatic rings. The fourth-order valence-electron chi connectivity index (χ4n) is 1.50. The lowest BCUT2D eigenvalue weighted by Gasteiger charge is -2.14. The molecule has 1 rings (SSSR count). The highest BCUT2D eigenvalue weighted by molar-refractivity contribution is 7.92. The van der Waals surface area contributed by atoms with Gasteiger partial charge in [-0.15, -0.1) is 0 Å². The zero-order chi connectivity index (χ0) is 17.6. The van der Waals surface area contributed by atoms with Crippen molar-refractivity contribution in [1.82, 2.24) is 10.6 Å². The third-order valence-electron chi connectivity index (χ3n) is 2.56. The molecule has 1 aromatic carbocycles. The molecule has 0 saturated heterocycles. The lowest BCUT2D eigenvalue weighted by molar-refractivity contribution is -0.127. The van der Waals surface area contributed by atoms with Crippen molar-refractivity contribution in [1.29, 1.82) is 0 Å². The first kappa shape index (κ1) is 18.4. The second-order valence-electron chi connectivity index (χ2n) is 4.54. The molecule has 23 heavy (non-hydrogen) atoms. The van der Waals surface area contributed by atoms with Gasteiger partial charge in [-0.1, -0.05) is 12.1 Å². The van der Waals surface area contributed by atoms with Gasteiger partial charge in [0.05, 0.1) is 17.5 Å². The summed E-state index contributed by atoms with van der Waals surface area (Å²) in [5.74, 6) is -1.72. The Bertz CT molecular complexity index is 716. The van der Waals surface area contributed by atoms with Crippen molar-refractivity contribution in [2.45, 2.75) is 13.0 Å². The molecule has 9 nitrogen and oxygen atoms in total. The maximum absolute atomic E-state index is 12.1. The van der Waals surface area contributed by atoms with E-state index in [1.165, 1.54) is 38.2 Å². The Labute approximate surface area is 133 Å². The van der Waals surface area contributed by atoms with Crippen LogP contribution in [0.1, 0.15) is 17.3 Å². The third-order valence-corrected chi connectivity index (χ3v) is 3.15. The SMILES string of the molecule is CNC(=O)NC(=O)[C@@H](C)OC(=O)c1ccccc1NS(C)(=O)=O. The predicted octanol–water partition coefficient (Wildman–Crippen LogP) is 0.0590. The Morgan fingerprint density at radius 2 is 1.78 bits per heavy atom. The average molecular weight is 343 g/mol. The van der Waals surface area contributed by atoms with Crippen LogP contribution in [-0.2, 0) is 19.6 Å². The van der Waals surface area contributed by atoms with Gasteiger partial charge in [-0.25, -0.2) is 18.0 Å². The number of sulfonamides is 1. The van der Waals surface area contributed by atoms with Crippen LogP contribution in [0.3, 0.4) is 0 Å². The summed E-state index contributed by atoms with van der Waals surface area (Å²) in [6.07, 6.45) is -0.305. The van der Waals surface area contributed by atoms with Crippen molar-refractivity contribution in [3.63, 3.8) is 0 Å². The van der Waals surface area contributed by atoms with E-state index in [1.54, 1.807) is 0 Å². The van der Waals surface area contributed by atoms with Crippen LogP contribution in [0, 0.1) is 0 Å². The molecule has 0 bridgehead atoms. The van der Waals surface area contributed by atoms with Gasteiger partial charge in [0.2, 0.25) is 10.0 Å². The number of hydrogen-bond donors (Lipinski definition) is 3. The minimum absolute atomic E-state index is 0.0268. The normalized spacial score (nSPS) is 12.0. The van der Waals surface area contributed by atoms with Crippen LogP contribution in [0.15, 0.2) is 24.3 Å². The number of ether oxygens (including phenoxy) is 1. The number of esters is 1. The molecule has 0 heterocycles. The summed E-state index contributed by atoms with van der Waals surface area (Å²) >= 11 is 0. The first-order chi connectivity index (χ1) is 10.6. The van der Waals surface area contributed by atoms with Gasteiger partial charge in [-0.3, -0.25) is 14.8 Å². The lowest BCUT2D eigenvalue weighted by Crippen LogP contribution is -2.43. The number of carbonyl (C=O) groups is 3. The van der Waals surface area contributed by atoms with Crippen molar-refractivity contribution in [2.75, 3.05) is 18.0 Å². The quantitative estimate of drug-likeness (QED) is 0.648. The van der Waals surface area contributed by atoms with Crippen molar-refractivity contribution in [2.24, 2.45) is 0 Å². The number of imide groups is 1. The molecule has 0 aliphatic carbocycles. The molecule has 0 saturated carbocycles. The largest absolute Gasteiger partial charge is 0.449 e. The van der Waals surface area contributed by atoms with E-state index in [2.05, 4.69) is 10.0 Å². The van der Waals surface area contributed by atoms with Crippen LogP contribution in [-0.4, -0.2) is 45.7 Å². The number of carbonyl (C=O) groups excluding carboxylic acids is 3. The van der Waals surface area contributed by atoms with Crippen LogP contribution in [0.25, 0.3) is 0 Å². The molecule has 0 fully saturated rings. The molecule has 0 unspecified atom stereocenters. The van der Waals surface area contributed by atoms with Gasteiger partial charge in [-0.2, -0.15) is 0 Å². The summed E-state index contributed by atoms with van der Waals surface area (Å²) in [6, 6.07) is 5.04.